The van der Waals surface area contributed by atoms with Crippen molar-refractivity contribution >= 4 is 11.9 Å². The molecule has 0 heterocycles. The van der Waals surface area contributed by atoms with E-state index < -0.39 is 11.9 Å². The lowest BCUT2D eigenvalue weighted by Crippen LogP contribution is -2.00. The van der Waals surface area contributed by atoms with Gasteiger partial charge in [-0.2, -0.15) is 0 Å². The number of benzene rings is 2. The maximum Gasteiger partial charge on any atom is 0.341 e. The number of carbonyl (C=O) groups is 2. The second-order valence-electron chi connectivity index (χ2n) is 3.86. The topological polar surface area (TPSA) is 104 Å². The van der Waals surface area contributed by atoms with Gasteiger partial charge >= 0.3 is 11.9 Å². The van der Waals surface area contributed by atoms with Gasteiger partial charge in [0.25, 0.3) is 0 Å². The number of rotatable bonds is 2. The van der Waals surface area contributed by atoms with E-state index in [-0.39, 0.29) is 22.6 Å². The van der Waals surface area contributed by atoms with Gasteiger partial charge in [0.15, 0.2) is 0 Å². The zero-order valence-electron chi connectivity index (χ0n) is 11.2. The number of carboxylic acid groups (broad SMARTS) is 1. The Morgan fingerprint density at radius 2 is 1.52 bits per heavy atom. The minimum absolute atomic E-state index is 0.0562. The van der Waals surface area contributed by atoms with E-state index >= 15 is 0 Å². The van der Waals surface area contributed by atoms with Crippen LogP contribution < -0.4 is 0 Å². The van der Waals surface area contributed by atoms with E-state index in [0.717, 1.165) is 0 Å². The number of hydrogen-bond donors (Lipinski definition) is 3. The number of phenolic OH excluding ortho intramolecular Hbond substituents is 2. The summed E-state index contributed by atoms with van der Waals surface area (Å²) in [6.45, 7) is 0. The molecule has 0 saturated heterocycles. The van der Waals surface area contributed by atoms with Crippen molar-refractivity contribution in [3.8, 4) is 11.5 Å². The number of carboxylic acids is 1. The molecule has 6 heteroatoms. The van der Waals surface area contributed by atoms with Crippen molar-refractivity contribution < 1.29 is 29.6 Å². The molecule has 0 aromatic heterocycles. The van der Waals surface area contributed by atoms with Gasteiger partial charge in [0.1, 0.15) is 17.1 Å². The predicted molar refractivity (Wildman–Crippen MR) is 74.5 cm³/mol. The first-order valence-corrected chi connectivity index (χ1v) is 5.84. The molecular formula is C15H14O6. The molecule has 0 aliphatic heterocycles. The molecule has 2 rings (SSSR count). The minimum atomic E-state index is -0.986. The van der Waals surface area contributed by atoms with Crippen molar-refractivity contribution in [2.45, 2.75) is 0 Å². The van der Waals surface area contributed by atoms with Gasteiger partial charge in [-0.1, -0.05) is 12.1 Å². The van der Waals surface area contributed by atoms with Crippen LogP contribution in [-0.4, -0.2) is 34.4 Å². The largest absolute Gasteiger partial charge is 0.508 e. The Morgan fingerprint density at radius 1 is 0.952 bits per heavy atom. The lowest BCUT2D eigenvalue weighted by molar-refractivity contribution is 0.0596. The van der Waals surface area contributed by atoms with E-state index in [4.69, 9.17) is 15.3 Å². The standard InChI is InChI=1S/C8H8O3.C7H6O3/c1-11-8(10)6-4-2-3-5-7(6)9;8-6-3-1-5(2-4-6)7(9)10/h2-5,9H,1H3;1-4,8H,(H,9,10). The van der Waals surface area contributed by atoms with Crippen LogP contribution in [0.5, 0.6) is 11.5 Å². The summed E-state index contributed by atoms with van der Waals surface area (Å²) in [5, 5.41) is 26.3. The van der Waals surface area contributed by atoms with Crippen molar-refractivity contribution in [1.82, 2.24) is 0 Å². The Hall–Kier alpha value is -3.02. The highest BCUT2D eigenvalue weighted by Gasteiger charge is 2.08. The number of phenols is 2. The summed E-state index contributed by atoms with van der Waals surface area (Å²) in [6, 6.07) is 11.6. The molecule has 0 aliphatic carbocycles. The van der Waals surface area contributed by atoms with Crippen molar-refractivity contribution in [3.63, 3.8) is 0 Å². The maximum atomic E-state index is 10.9. The number of carbonyl (C=O) groups excluding carboxylic acids is 1. The summed E-state index contributed by atoms with van der Waals surface area (Å²) >= 11 is 0. The molecular weight excluding hydrogens is 276 g/mol. The summed E-state index contributed by atoms with van der Waals surface area (Å²) in [6.07, 6.45) is 0. The van der Waals surface area contributed by atoms with E-state index in [0.29, 0.717) is 0 Å². The third kappa shape index (κ3) is 4.87. The summed E-state index contributed by atoms with van der Waals surface area (Å²) in [5.74, 6) is -1.49. The lowest BCUT2D eigenvalue weighted by atomic mass is 10.2. The van der Waals surface area contributed by atoms with Crippen molar-refractivity contribution in [1.29, 1.82) is 0 Å². The molecule has 0 unspecified atom stereocenters. The van der Waals surface area contributed by atoms with E-state index in [1.54, 1.807) is 12.1 Å². The average Bonchev–Trinajstić information content (AvgIpc) is 2.48. The third-order valence-electron chi connectivity index (χ3n) is 2.42. The van der Waals surface area contributed by atoms with Crippen LogP contribution in [0.1, 0.15) is 20.7 Å². The molecule has 0 spiro atoms. The van der Waals surface area contributed by atoms with Crippen LogP contribution in [0.15, 0.2) is 48.5 Å². The fourth-order valence-corrected chi connectivity index (χ4v) is 1.36. The van der Waals surface area contributed by atoms with Gasteiger partial charge in [-0.05, 0) is 36.4 Å². The normalized spacial score (nSPS) is 9.19. The number of ether oxygens (including phenoxy) is 1. The zero-order chi connectivity index (χ0) is 15.8. The Balaban J connectivity index is 0.000000211. The molecule has 0 radical (unpaired) electrons. The summed E-state index contributed by atoms with van der Waals surface area (Å²) < 4.78 is 4.42. The average molecular weight is 290 g/mol. The number of aromatic carboxylic acids is 1. The van der Waals surface area contributed by atoms with Crippen LogP contribution in [0.2, 0.25) is 0 Å². The first-order valence-electron chi connectivity index (χ1n) is 5.84. The van der Waals surface area contributed by atoms with Crippen LogP contribution in [0, 0.1) is 0 Å². The second-order valence-corrected chi connectivity index (χ2v) is 3.86. The molecule has 0 aliphatic rings. The Labute approximate surface area is 120 Å². The van der Waals surface area contributed by atoms with Crippen LogP contribution >= 0.6 is 0 Å². The summed E-state index contributed by atoms with van der Waals surface area (Å²) in [5.41, 5.74) is 0.368. The van der Waals surface area contributed by atoms with Gasteiger partial charge in [-0.3, -0.25) is 0 Å². The smallest absolute Gasteiger partial charge is 0.341 e. The van der Waals surface area contributed by atoms with Gasteiger partial charge in [0, 0.05) is 0 Å². The van der Waals surface area contributed by atoms with Crippen LogP contribution in [0.3, 0.4) is 0 Å². The van der Waals surface area contributed by atoms with Crippen LogP contribution in [0.25, 0.3) is 0 Å². The fraction of sp³-hybridized carbons (Fsp3) is 0.0667. The second kappa shape index (κ2) is 7.54. The molecule has 0 saturated carbocycles. The highest BCUT2D eigenvalue weighted by molar-refractivity contribution is 5.92. The van der Waals surface area contributed by atoms with Crippen molar-refractivity contribution in [2.24, 2.45) is 0 Å². The third-order valence-corrected chi connectivity index (χ3v) is 2.42. The van der Waals surface area contributed by atoms with Crippen molar-refractivity contribution in [2.75, 3.05) is 7.11 Å². The van der Waals surface area contributed by atoms with Gasteiger partial charge in [-0.25, -0.2) is 9.59 Å². The number of methoxy groups -OCH3 is 1. The van der Waals surface area contributed by atoms with Crippen LogP contribution in [0.4, 0.5) is 0 Å². The molecule has 2 aromatic carbocycles. The number of para-hydroxylation sites is 1. The highest BCUT2D eigenvalue weighted by atomic mass is 16.5. The summed E-state index contributed by atoms with van der Waals surface area (Å²) in [7, 11) is 1.27. The number of esters is 1. The van der Waals surface area contributed by atoms with Crippen LogP contribution in [-0.2, 0) is 4.74 Å². The molecule has 0 bridgehead atoms. The first kappa shape index (κ1) is 16.0. The van der Waals surface area contributed by atoms with E-state index in [1.165, 1.54) is 43.5 Å². The molecule has 0 fully saturated rings. The van der Waals surface area contributed by atoms with Gasteiger partial charge in [0.05, 0.1) is 12.7 Å². The lowest BCUT2D eigenvalue weighted by Gasteiger charge is -1.99. The Bertz CT molecular complexity index is 618. The molecule has 3 N–H and O–H groups in total. The number of hydrogen-bond acceptors (Lipinski definition) is 5. The molecule has 0 amide bonds. The van der Waals surface area contributed by atoms with Gasteiger partial charge < -0.3 is 20.1 Å². The van der Waals surface area contributed by atoms with Gasteiger partial charge in [-0.15, -0.1) is 0 Å². The van der Waals surface area contributed by atoms with E-state index in [2.05, 4.69) is 4.74 Å². The Kier molecular flexibility index (Phi) is 5.76. The molecule has 21 heavy (non-hydrogen) atoms. The molecule has 0 atom stereocenters. The molecule has 110 valence electrons. The predicted octanol–water partition coefficient (Wildman–Crippen LogP) is 2.27. The Morgan fingerprint density at radius 3 is 2.00 bits per heavy atom. The molecule has 2 aromatic rings. The van der Waals surface area contributed by atoms with Crippen molar-refractivity contribution in [3.05, 3.63) is 59.7 Å². The minimum Gasteiger partial charge on any atom is -0.508 e. The summed E-state index contributed by atoms with van der Waals surface area (Å²) in [4.78, 5) is 21.1. The van der Waals surface area contributed by atoms with E-state index in [9.17, 15) is 9.59 Å². The maximum absolute atomic E-state index is 10.9. The monoisotopic (exact) mass is 290 g/mol. The highest BCUT2D eigenvalue weighted by Crippen LogP contribution is 2.15. The number of aromatic hydroxyl groups is 2. The van der Waals surface area contributed by atoms with Gasteiger partial charge in [0.2, 0.25) is 0 Å². The quantitative estimate of drug-likeness (QED) is 0.733. The molecule has 6 nitrogen and oxygen atoms in total. The zero-order valence-corrected chi connectivity index (χ0v) is 11.2. The fourth-order valence-electron chi connectivity index (χ4n) is 1.36. The van der Waals surface area contributed by atoms with E-state index in [1.807, 2.05) is 0 Å². The first-order chi connectivity index (χ1) is 9.95. The SMILES string of the molecule is COC(=O)c1ccccc1O.O=C(O)c1ccc(O)cc1.